The lowest BCUT2D eigenvalue weighted by Gasteiger charge is -2.26. The monoisotopic (exact) mass is 278 g/mol. The summed E-state index contributed by atoms with van der Waals surface area (Å²) in [6, 6.07) is 3.93. The summed E-state index contributed by atoms with van der Waals surface area (Å²) in [4.78, 5) is 29.4. The molecule has 3 rings (SSSR count). The van der Waals surface area contributed by atoms with Gasteiger partial charge in [0.25, 0.3) is 0 Å². The summed E-state index contributed by atoms with van der Waals surface area (Å²) >= 11 is 1.63. The number of hydrogen-bond acceptors (Lipinski definition) is 3. The van der Waals surface area contributed by atoms with Crippen LogP contribution in [0, 0.1) is 5.92 Å². The Morgan fingerprint density at radius 2 is 2.11 bits per heavy atom. The van der Waals surface area contributed by atoms with Crippen molar-refractivity contribution in [2.24, 2.45) is 5.92 Å². The Bertz CT molecular complexity index is 480. The molecule has 0 saturated carbocycles. The fourth-order valence-electron chi connectivity index (χ4n) is 3.11. The molecule has 2 atom stereocenters. The fourth-order valence-corrected chi connectivity index (χ4v) is 4.05. The lowest BCUT2D eigenvalue weighted by molar-refractivity contribution is -0.135. The molecule has 0 N–H and O–H groups in total. The van der Waals surface area contributed by atoms with Crippen LogP contribution in [0.2, 0.25) is 0 Å². The summed E-state index contributed by atoms with van der Waals surface area (Å²) in [7, 11) is 1.81. The molecule has 0 aliphatic carbocycles. The molecule has 4 nitrogen and oxygen atoms in total. The highest BCUT2D eigenvalue weighted by Gasteiger charge is 2.44. The average Bonchev–Trinajstić information content (AvgIpc) is 3.11. The van der Waals surface area contributed by atoms with Gasteiger partial charge in [-0.15, -0.1) is 11.3 Å². The van der Waals surface area contributed by atoms with Crippen molar-refractivity contribution in [3.05, 3.63) is 22.4 Å². The molecule has 102 valence electrons. The number of likely N-dealkylation sites (tertiary alicyclic amines) is 2. The van der Waals surface area contributed by atoms with Gasteiger partial charge in [0.2, 0.25) is 11.8 Å². The third-order valence-corrected chi connectivity index (χ3v) is 5.10. The Morgan fingerprint density at radius 1 is 1.37 bits per heavy atom. The van der Waals surface area contributed by atoms with Crippen molar-refractivity contribution in [3.63, 3.8) is 0 Å². The summed E-state index contributed by atoms with van der Waals surface area (Å²) in [5, 5.41) is 2.00. The first kappa shape index (κ1) is 12.7. The minimum absolute atomic E-state index is 0.0689. The van der Waals surface area contributed by atoms with Crippen LogP contribution in [-0.2, 0) is 9.59 Å². The van der Waals surface area contributed by atoms with Crippen LogP contribution < -0.4 is 0 Å². The molecular weight excluding hydrogens is 260 g/mol. The van der Waals surface area contributed by atoms with Gasteiger partial charge in [-0.25, -0.2) is 0 Å². The molecule has 0 bridgehead atoms. The maximum atomic E-state index is 12.6. The lowest BCUT2D eigenvalue weighted by Crippen LogP contribution is -2.36. The molecule has 2 fully saturated rings. The van der Waals surface area contributed by atoms with Gasteiger partial charge in [-0.3, -0.25) is 9.59 Å². The van der Waals surface area contributed by atoms with Crippen LogP contribution in [-0.4, -0.2) is 41.8 Å². The molecule has 2 saturated heterocycles. The smallest absolute Gasteiger partial charge is 0.228 e. The van der Waals surface area contributed by atoms with Crippen molar-refractivity contribution in [2.45, 2.75) is 25.3 Å². The third kappa shape index (κ3) is 2.16. The average molecular weight is 278 g/mol. The van der Waals surface area contributed by atoms with Gasteiger partial charge in [-0.1, -0.05) is 6.07 Å². The van der Waals surface area contributed by atoms with Crippen molar-refractivity contribution in [1.29, 1.82) is 0 Å². The summed E-state index contributed by atoms with van der Waals surface area (Å²) in [6.07, 6.45) is 2.53. The van der Waals surface area contributed by atoms with Crippen LogP contribution in [0.25, 0.3) is 0 Å². The number of rotatable bonds is 2. The molecule has 2 aliphatic rings. The second-order valence-corrected chi connectivity index (χ2v) is 6.29. The van der Waals surface area contributed by atoms with Gasteiger partial charge < -0.3 is 9.80 Å². The highest BCUT2D eigenvalue weighted by molar-refractivity contribution is 7.10. The molecule has 2 unspecified atom stereocenters. The zero-order valence-corrected chi connectivity index (χ0v) is 11.9. The van der Waals surface area contributed by atoms with E-state index >= 15 is 0 Å². The largest absolute Gasteiger partial charge is 0.342 e. The maximum Gasteiger partial charge on any atom is 0.228 e. The molecule has 0 radical (unpaired) electrons. The zero-order chi connectivity index (χ0) is 13.4. The van der Waals surface area contributed by atoms with E-state index in [-0.39, 0.29) is 23.8 Å². The first-order chi connectivity index (χ1) is 9.18. The normalized spacial score (nSPS) is 27.3. The lowest BCUT2D eigenvalue weighted by atomic mass is 9.97. The van der Waals surface area contributed by atoms with Crippen molar-refractivity contribution in [1.82, 2.24) is 9.80 Å². The Kier molecular flexibility index (Phi) is 3.31. The molecule has 1 aromatic heterocycles. The molecule has 0 aromatic carbocycles. The SMILES string of the molecule is CN1C(=O)CC(C(=O)N2CCCC2)C1c1cccs1. The molecule has 5 heteroatoms. The highest BCUT2D eigenvalue weighted by Crippen LogP contribution is 2.40. The molecule has 2 aliphatic heterocycles. The van der Waals surface area contributed by atoms with Gasteiger partial charge in [0.15, 0.2) is 0 Å². The van der Waals surface area contributed by atoms with Crippen LogP contribution in [0.4, 0.5) is 0 Å². The van der Waals surface area contributed by atoms with E-state index in [1.54, 1.807) is 16.2 Å². The van der Waals surface area contributed by atoms with E-state index in [1.165, 1.54) is 0 Å². The quantitative estimate of drug-likeness (QED) is 0.829. The number of hydrogen-bond donors (Lipinski definition) is 0. The number of carbonyl (C=O) groups excluding carboxylic acids is 2. The van der Waals surface area contributed by atoms with Crippen LogP contribution in [0.3, 0.4) is 0 Å². The predicted molar refractivity (Wildman–Crippen MR) is 73.8 cm³/mol. The van der Waals surface area contributed by atoms with Crippen LogP contribution in [0.5, 0.6) is 0 Å². The van der Waals surface area contributed by atoms with Gasteiger partial charge in [0.1, 0.15) is 0 Å². The van der Waals surface area contributed by atoms with Gasteiger partial charge in [0.05, 0.1) is 12.0 Å². The van der Waals surface area contributed by atoms with Gasteiger partial charge >= 0.3 is 0 Å². The van der Waals surface area contributed by atoms with E-state index in [2.05, 4.69) is 0 Å². The first-order valence-corrected chi connectivity index (χ1v) is 7.64. The van der Waals surface area contributed by atoms with Gasteiger partial charge in [0, 0.05) is 31.4 Å². The van der Waals surface area contributed by atoms with E-state index in [0.717, 1.165) is 30.8 Å². The predicted octanol–water partition coefficient (Wildman–Crippen LogP) is 1.89. The van der Waals surface area contributed by atoms with Crippen molar-refractivity contribution in [3.8, 4) is 0 Å². The zero-order valence-electron chi connectivity index (χ0n) is 11.0. The fraction of sp³-hybridized carbons (Fsp3) is 0.571. The summed E-state index contributed by atoms with van der Waals surface area (Å²) in [5.41, 5.74) is 0. The molecule has 1 aromatic rings. The second kappa shape index (κ2) is 4.96. The van der Waals surface area contributed by atoms with Crippen LogP contribution in [0.1, 0.15) is 30.2 Å². The number of amides is 2. The molecular formula is C14H18N2O2S. The molecule has 0 spiro atoms. The minimum atomic E-state index is -0.200. The number of thiophene rings is 1. The van der Waals surface area contributed by atoms with Crippen molar-refractivity contribution >= 4 is 23.2 Å². The van der Waals surface area contributed by atoms with E-state index < -0.39 is 0 Å². The van der Waals surface area contributed by atoms with Crippen LogP contribution in [0.15, 0.2) is 17.5 Å². The highest BCUT2D eigenvalue weighted by atomic mass is 32.1. The van der Waals surface area contributed by atoms with Crippen LogP contribution >= 0.6 is 11.3 Å². The maximum absolute atomic E-state index is 12.6. The molecule has 2 amide bonds. The van der Waals surface area contributed by atoms with E-state index in [0.29, 0.717) is 6.42 Å². The molecule has 3 heterocycles. The standard InChI is InChI=1S/C14H18N2O2S/c1-15-12(17)9-10(13(15)11-5-4-8-19-11)14(18)16-6-2-3-7-16/h4-5,8,10,13H,2-3,6-7,9H2,1H3. The van der Waals surface area contributed by atoms with Gasteiger partial charge in [-0.2, -0.15) is 0 Å². The topological polar surface area (TPSA) is 40.6 Å². The number of carbonyl (C=O) groups is 2. The van der Waals surface area contributed by atoms with E-state index in [9.17, 15) is 9.59 Å². The Hall–Kier alpha value is -1.36. The van der Waals surface area contributed by atoms with Crippen molar-refractivity contribution < 1.29 is 9.59 Å². The second-order valence-electron chi connectivity index (χ2n) is 5.31. The number of nitrogens with zero attached hydrogens (tertiary/aromatic N) is 2. The Balaban J connectivity index is 1.86. The summed E-state index contributed by atoms with van der Waals surface area (Å²) < 4.78 is 0. The van der Waals surface area contributed by atoms with Gasteiger partial charge in [-0.05, 0) is 24.3 Å². The minimum Gasteiger partial charge on any atom is -0.342 e. The summed E-state index contributed by atoms with van der Waals surface area (Å²) in [5.74, 6) is 0.0406. The first-order valence-electron chi connectivity index (χ1n) is 6.76. The van der Waals surface area contributed by atoms with Crippen molar-refractivity contribution in [2.75, 3.05) is 20.1 Å². The van der Waals surface area contributed by atoms with E-state index in [4.69, 9.17) is 0 Å². The molecule has 19 heavy (non-hydrogen) atoms. The Morgan fingerprint density at radius 3 is 2.74 bits per heavy atom. The van der Waals surface area contributed by atoms with E-state index in [1.807, 2.05) is 29.5 Å². The Labute approximate surface area is 117 Å². The third-order valence-electron chi connectivity index (χ3n) is 4.16. The summed E-state index contributed by atoms with van der Waals surface area (Å²) in [6.45, 7) is 1.70.